The van der Waals surface area contributed by atoms with Gasteiger partial charge in [-0.15, -0.1) is 0 Å². The Hall–Kier alpha value is -1.14. The number of ether oxygens (including phenoxy) is 1. The van der Waals surface area contributed by atoms with Crippen LogP contribution in [0.4, 0.5) is 0 Å². The number of carbonyl (C=O) groups is 2. The van der Waals surface area contributed by atoms with E-state index in [1.54, 1.807) is 19.1 Å². The number of nitrogens with zero attached hydrogens (tertiary/aromatic N) is 1. The fourth-order valence-corrected chi connectivity index (χ4v) is 1.67. The van der Waals surface area contributed by atoms with Crippen LogP contribution >= 0.6 is 0 Å². The van der Waals surface area contributed by atoms with Crippen LogP contribution in [0.25, 0.3) is 0 Å². The highest BCUT2D eigenvalue weighted by Gasteiger charge is 2.26. The number of amides is 2. The van der Waals surface area contributed by atoms with Gasteiger partial charge >= 0.3 is 0 Å². The van der Waals surface area contributed by atoms with Gasteiger partial charge in [0.2, 0.25) is 11.8 Å². The fourth-order valence-electron chi connectivity index (χ4n) is 1.67. The minimum absolute atomic E-state index is 0.0391. The second kappa shape index (κ2) is 6.44. The van der Waals surface area contributed by atoms with Gasteiger partial charge in [-0.05, 0) is 0 Å². The van der Waals surface area contributed by atoms with Crippen LogP contribution < -0.4 is 10.6 Å². The number of piperazine rings is 1. The third-order valence-electron chi connectivity index (χ3n) is 2.61. The van der Waals surface area contributed by atoms with Crippen LogP contribution in [0.1, 0.15) is 6.42 Å². The van der Waals surface area contributed by atoms with Gasteiger partial charge in [0.1, 0.15) is 6.04 Å². The molecular weight excluding hydrogens is 210 g/mol. The predicted octanol–water partition coefficient (Wildman–Crippen LogP) is -1.43. The second-order valence-corrected chi connectivity index (χ2v) is 3.70. The molecule has 0 aromatic carbocycles. The summed E-state index contributed by atoms with van der Waals surface area (Å²) in [4.78, 5) is 24.8. The van der Waals surface area contributed by atoms with Crippen LogP contribution in [-0.2, 0) is 14.3 Å². The zero-order valence-corrected chi connectivity index (χ0v) is 9.78. The second-order valence-electron chi connectivity index (χ2n) is 3.70. The molecule has 16 heavy (non-hydrogen) atoms. The Kier molecular flexibility index (Phi) is 5.21. The molecule has 1 atom stereocenters. The van der Waals surface area contributed by atoms with Crippen LogP contribution in [0.15, 0.2) is 0 Å². The number of methoxy groups -OCH3 is 1. The van der Waals surface area contributed by atoms with Crippen molar-refractivity contribution in [3.05, 3.63) is 0 Å². The molecule has 0 aromatic rings. The topological polar surface area (TPSA) is 70.7 Å². The van der Waals surface area contributed by atoms with Gasteiger partial charge in [-0.3, -0.25) is 9.59 Å². The number of hydrogen-bond donors (Lipinski definition) is 2. The third kappa shape index (κ3) is 3.46. The lowest BCUT2D eigenvalue weighted by molar-refractivity contribution is -0.134. The summed E-state index contributed by atoms with van der Waals surface area (Å²) in [7, 11) is 3.16. The predicted molar refractivity (Wildman–Crippen MR) is 58.9 cm³/mol. The molecule has 0 bridgehead atoms. The maximum atomic E-state index is 11.7. The zero-order valence-electron chi connectivity index (χ0n) is 9.78. The summed E-state index contributed by atoms with van der Waals surface area (Å²) in [6, 6.07) is -0.301. The molecule has 2 N–H and O–H groups in total. The van der Waals surface area contributed by atoms with E-state index in [0.29, 0.717) is 32.7 Å². The van der Waals surface area contributed by atoms with Gasteiger partial charge in [-0.1, -0.05) is 0 Å². The highest BCUT2D eigenvalue weighted by molar-refractivity contribution is 5.83. The van der Waals surface area contributed by atoms with Gasteiger partial charge in [0, 0.05) is 33.8 Å². The number of rotatable bonds is 4. The van der Waals surface area contributed by atoms with E-state index >= 15 is 0 Å². The summed E-state index contributed by atoms with van der Waals surface area (Å²) in [5.74, 6) is -0.0403. The van der Waals surface area contributed by atoms with Crippen molar-refractivity contribution < 1.29 is 14.3 Å². The molecule has 2 amide bonds. The molecule has 1 rings (SSSR count). The summed E-state index contributed by atoms with van der Waals surface area (Å²) in [5, 5.41) is 5.65. The minimum Gasteiger partial charge on any atom is -0.384 e. The summed E-state index contributed by atoms with van der Waals surface area (Å²) >= 11 is 0. The van der Waals surface area contributed by atoms with Gasteiger partial charge in [0.25, 0.3) is 0 Å². The highest BCUT2D eigenvalue weighted by atomic mass is 16.5. The van der Waals surface area contributed by atoms with Crippen molar-refractivity contribution in [2.24, 2.45) is 0 Å². The monoisotopic (exact) mass is 229 g/mol. The van der Waals surface area contributed by atoms with Crippen LogP contribution in [0.5, 0.6) is 0 Å². The lowest BCUT2D eigenvalue weighted by atomic mass is 10.2. The van der Waals surface area contributed by atoms with Crippen LogP contribution in [0, 0.1) is 0 Å². The molecule has 92 valence electrons. The van der Waals surface area contributed by atoms with E-state index in [-0.39, 0.29) is 17.9 Å². The van der Waals surface area contributed by atoms with E-state index < -0.39 is 0 Å². The lowest BCUT2D eigenvalue weighted by Crippen LogP contribution is -2.58. The average molecular weight is 229 g/mol. The van der Waals surface area contributed by atoms with Gasteiger partial charge in [-0.2, -0.15) is 0 Å². The van der Waals surface area contributed by atoms with Gasteiger partial charge in [-0.25, -0.2) is 0 Å². The Morgan fingerprint density at radius 3 is 2.94 bits per heavy atom. The molecule has 0 radical (unpaired) electrons. The fraction of sp³-hybridized carbons (Fsp3) is 0.800. The van der Waals surface area contributed by atoms with Crippen molar-refractivity contribution in [1.82, 2.24) is 15.5 Å². The molecule has 1 aliphatic rings. The van der Waals surface area contributed by atoms with Crippen molar-refractivity contribution in [2.45, 2.75) is 12.5 Å². The van der Waals surface area contributed by atoms with E-state index in [4.69, 9.17) is 4.74 Å². The maximum absolute atomic E-state index is 11.7. The van der Waals surface area contributed by atoms with Crippen LogP contribution in [-0.4, -0.2) is 63.2 Å². The zero-order chi connectivity index (χ0) is 12.0. The van der Waals surface area contributed by atoms with Crippen molar-refractivity contribution in [2.75, 3.05) is 40.4 Å². The molecule has 0 saturated carbocycles. The summed E-state index contributed by atoms with van der Waals surface area (Å²) in [5.41, 5.74) is 0. The highest BCUT2D eigenvalue weighted by Crippen LogP contribution is 2.02. The lowest BCUT2D eigenvalue weighted by Gasteiger charge is -2.32. The largest absolute Gasteiger partial charge is 0.384 e. The molecule has 0 aromatic heterocycles. The van der Waals surface area contributed by atoms with E-state index in [2.05, 4.69) is 10.6 Å². The number of nitrogens with one attached hydrogen (secondary N) is 2. The Morgan fingerprint density at radius 2 is 2.31 bits per heavy atom. The van der Waals surface area contributed by atoms with E-state index in [1.165, 1.54) is 0 Å². The smallest absolute Gasteiger partial charge is 0.238 e. The summed E-state index contributed by atoms with van der Waals surface area (Å²) in [6.45, 7) is 2.16. The molecule has 6 heteroatoms. The normalized spacial score (nSPS) is 20.6. The summed E-state index contributed by atoms with van der Waals surface area (Å²) in [6.07, 6.45) is 0.372. The number of carbonyl (C=O) groups excluding carboxylic acids is 2. The molecule has 0 spiro atoms. The molecule has 0 aliphatic carbocycles. The third-order valence-corrected chi connectivity index (χ3v) is 2.61. The van der Waals surface area contributed by atoms with Crippen LogP contribution in [0.3, 0.4) is 0 Å². The Bertz CT molecular complexity index is 258. The van der Waals surface area contributed by atoms with Crippen molar-refractivity contribution in [1.29, 1.82) is 0 Å². The first-order valence-corrected chi connectivity index (χ1v) is 5.40. The maximum Gasteiger partial charge on any atom is 0.238 e. The molecule has 1 unspecified atom stereocenters. The Labute approximate surface area is 95.3 Å². The van der Waals surface area contributed by atoms with E-state index in [0.717, 1.165) is 0 Å². The molecule has 1 heterocycles. The summed E-state index contributed by atoms with van der Waals surface area (Å²) < 4.78 is 4.86. The average Bonchev–Trinajstić information content (AvgIpc) is 2.35. The molecular formula is C10H19N3O3. The Morgan fingerprint density at radius 1 is 1.56 bits per heavy atom. The number of hydrogen-bond acceptors (Lipinski definition) is 4. The SMILES string of the molecule is CNC(=O)C1CN(C(=O)CCOC)CCN1. The van der Waals surface area contributed by atoms with Gasteiger partial charge < -0.3 is 20.3 Å². The minimum atomic E-state index is -0.301. The molecule has 1 saturated heterocycles. The van der Waals surface area contributed by atoms with Crippen molar-refractivity contribution in [3.63, 3.8) is 0 Å². The number of likely N-dealkylation sites (N-methyl/N-ethyl adjacent to an activating group) is 1. The molecule has 1 fully saturated rings. The molecule has 1 aliphatic heterocycles. The first kappa shape index (κ1) is 12.9. The van der Waals surface area contributed by atoms with Gasteiger partial charge in [0.05, 0.1) is 13.0 Å². The standard InChI is InChI=1S/C10H19N3O3/c1-11-10(15)8-7-13(5-4-12-8)9(14)3-6-16-2/h8,12H,3-7H2,1-2H3,(H,11,15). The van der Waals surface area contributed by atoms with Crippen molar-refractivity contribution in [3.8, 4) is 0 Å². The first-order valence-electron chi connectivity index (χ1n) is 5.40. The molecule has 6 nitrogen and oxygen atoms in total. The van der Waals surface area contributed by atoms with E-state index in [9.17, 15) is 9.59 Å². The Balaban J connectivity index is 2.43. The van der Waals surface area contributed by atoms with Gasteiger partial charge in [0.15, 0.2) is 0 Å². The quantitative estimate of drug-likeness (QED) is 0.620. The van der Waals surface area contributed by atoms with Crippen molar-refractivity contribution >= 4 is 11.8 Å². The first-order chi connectivity index (χ1) is 7.69. The van der Waals surface area contributed by atoms with E-state index in [1.807, 2.05) is 0 Å². The van der Waals surface area contributed by atoms with Crippen LogP contribution in [0.2, 0.25) is 0 Å².